The summed E-state index contributed by atoms with van der Waals surface area (Å²) in [4.78, 5) is 54.2. The van der Waals surface area contributed by atoms with E-state index < -0.39 is 34.6 Å². The van der Waals surface area contributed by atoms with Crippen LogP contribution in [-0.4, -0.2) is 54.4 Å². The molecular weight excluding hydrogens is 857 g/mol. The molecule has 0 saturated carbocycles. The van der Waals surface area contributed by atoms with Gasteiger partial charge in [0.2, 0.25) is 0 Å². The average Bonchev–Trinajstić information content (AvgIpc) is 3.39. The van der Waals surface area contributed by atoms with Gasteiger partial charge < -0.3 is 18.9 Å². The summed E-state index contributed by atoms with van der Waals surface area (Å²) in [5.74, 6) is -2.46. The summed E-state index contributed by atoms with van der Waals surface area (Å²) in [5, 5.41) is -0.766. The number of allylic oxidation sites excluding steroid dienone is 3. The molecule has 9 heteroatoms. The monoisotopic (exact) mass is 906 g/mol. The summed E-state index contributed by atoms with van der Waals surface area (Å²) in [7, 11) is 0. The van der Waals surface area contributed by atoms with E-state index in [9.17, 15) is 19.2 Å². The Morgan fingerprint density at radius 1 is 0.433 bits per heavy atom. The maximum atomic E-state index is 13.8. The minimum Gasteiger partial charge on any atom is -0.461 e. The maximum absolute atomic E-state index is 13.8. The first-order valence-corrected chi connectivity index (χ1v) is 23.0. The van der Waals surface area contributed by atoms with Crippen LogP contribution in [0.2, 0.25) is 0 Å². The predicted molar refractivity (Wildman–Crippen MR) is 266 cm³/mol. The van der Waals surface area contributed by atoms with Gasteiger partial charge in [-0.1, -0.05) is 177 Å². The molecular formula is C58H50O8S. The van der Waals surface area contributed by atoms with Crippen molar-refractivity contribution in [1.29, 1.82) is 0 Å². The number of benzene rings is 7. The SMILES string of the molecule is CC/C(=C\C=C(/C)C(=O)OC[C@H](COC(=O)c1ccc(-c2ccccc2)cc1)SC(COC(=O)c1ccc(-c2ccccc2)cc1)OC(=O)c1ccc(-c2ccccc2)cc1)c1ccccc1. The third-order valence-electron chi connectivity index (χ3n) is 10.8. The van der Waals surface area contributed by atoms with Gasteiger partial charge in [0.25, 0.3) is 0 Å². The molecule has 8 nitrogen and oxygen atoms in total. The van der Waals surface area contributed by atoms with Crippen molar-refractivity contribution < 1.29 is 38.1 Å². The summed E-state index contributed by atoms with van der Waals surface area (Å²) < 4.78 is 23.5. The number of carbonyl (C=O) groups excluding carboxylic acids is 4. The zero-order valence-electron chi connectivity index (χ0n) is 37.3. The standard InChI is InChI=1S/C58H50O8S/c1-3-42(43-16-8-4-9-17-43)25-24-41(2)55(59)63-38-53(39-64-56(60)50-32-26-47(27-33-50)44-18-10-5-11-19-44)67-54(66-58(62)52-36-30-49(31-37-52)46-22-14-7-15-23-46)40-65-57(61)51-34-28-48(29-35-51)45-20-12-6-13-21-45/h4-37,53-54H,3,38-40H2,1-2H3/b41-24+,42-25+/t53-,54?/m1/s1. The zero-order valence-corrected chi connectivity index (χ0v) is 38.1. The first-order chi connectivity index (χ1) is 32.7. The highest BCUT2D eigenvalue weighted by Crippen LogP contribution is 2.27. The van der Waals surface area contributed by atoms with Gasteiger partial charge >= 0.3 is 23.9 Å². The van der Waals surface area contributed by atoms with E-state index in [-0.39, 0.29) is 25.4 Å². The largest absolute Gasteiger partial charge is 0.461 e. The molecule has 7 aromatic carbocycles. The fourth-order valence-corrected chi connectivity index (χ4v) is 8.06. The second-order valence-electron chi connectivity index (χ2n) is 15.5. The Bertz CT molecular complexity index is 2770. The lowest BCUT2D eigenvalue weighted by molar-refractivity contribution is -0.139. The lowest BCUT2D eigenvalue weighted by atomic mass is 10.0. The van der Waals surface area contributed by atoms with Gasteiger partial charge in [0.05, 0.1) is 21.9 Å². The molecule has 67 heavy (non-hydrogen) atoms. The summed E-state index contributed by atoms with van der Waals surface area (Å²) in [6.07, 6.45) is 4.37. The minimum absolute atomic E-state index is 0.230. The highest BCUT2D eigenvalue weighted by molar-refractivity contribution is 8.00. The van der Waals surface area contributed by atoms with Crippen molar-refractivity contribution in [1.82, 2.24) is 0 Å². The topological polar surface area (TPSA) is 105 Å². The first kappa shape index (κ1) is 47.2. The van der Waals surface area contributed by atoms with E-state index in [0.29, 0.717) is 16.7 Å². The Hall–Kier alpha value is -7.75. The molecule has 7 rings (SSSR count). The maximum Gasteiger partial charge on any atom is 0.339 e. The van der Waals surface area contributed by atoms with Crippen LogP contribution in [0, 0.1) is 0 Å². The Morgan fingerprint density at radius 3 is 1.24 bits per heavy atom. The fraction of sp³-hybridized carbons (Fsp3) is 0.138. The molecule has 0 aliphatic carbocycles. The number of rotatable bonds is 19. The van der Waals surface area contributed by atoms with Crippen LogP contribution >= 0.6 is 11.8 Å². The second kappa shape index (κ2) is 24.0. The lowest BCUT2D eigenvalue weighted by Crippen LogP contribution is -2.30. The molecule has 336 valence electrons. The van der Waals surface area contributed by atoms with Crippen molar-refractivity contribution >= 4 is 41.2 Å². The predicted octanol–water partition coefficient (Wildman–Crippen LogP) is 13.0. The molecule has 0 aliphatic heterocycles. The van der Waals surface area contributed by atoms with E-state index in [2.05, 4.69) is 0 Å². The number of thioether (sulfide) groups is 1. The van der Waals surface area contributed by atoms with E-state index in [4.69, 9.17) is 18.9 Å². The fourth-order valence-electron chi connectivity index (χ4n) is 7.04. The smallest absolute Gasteiger partial charge is 0.339 e. The lowest BCUT2D eigenvalue weighted by Gasteiger charge is -2.23. The van der Waals surface area contributed by atoms with Crippen LogP contribution in [0.1, 0.15) is 56.9 Å². The quantitative estimate of drug-likeness (QED) is 0.0258. The molecule has 0 N–H and O–H groups in total. The summed E-state index contributed by atoms with van der Waals surface area (Å²) >= 11 is 1.05. The third kappa shape index (κ3) is 13.6. The van der Waals surface area contributed by atoms with Gasteiger partial charge in [-0.3, -0.25) is 0 Å². The molecule has 0 amide bonds. The van der Waals surface area contributed by atoms with Crippen molar-refractivity contribution in [3.63, 3.8) is 0 Å². The Kier molecular flexibility index (Phi) is 16.9. The van der Waals surface area contributed by atoms with Crippen molar-refractivity contribution in [3.05, 3.63) is 234 Å². The first-order valence-electron chi connectivity index (χ1n) is 22.0. The van der Waals surface area contributed by atoms with Gasteiger partial charge in [0.1, 0.15) is 19.8 Å². The van der Waals surface area contributed by atoms with Gasteiger partial charge in [-0.2, -0.15) is 0 Å². The van der Waals surface area contributed by atoms with Gasteiger partial charge in [0.15, 0.2) is 5.44 Å². The van der Waals surface area contributed by atoms with E-state index in [1.54, 1.807) is 49.4 Å². The zero-order chi connectivity index (χ0) is 46.8. The molecule has 0 heterocycles. The van der Waals surface area contributed by atoms with E-state index in [0.717, 1.165) is 62.7 Å². The minimum atomic E-state index is -1.11. The van der Waals surface area contributed by atoms with E-state index in [1.165, 1.54) is 0 Å². The summed E-state index contributed by atoms with van der Waals surface area (Å²) in [6, 6.07) is 60.3. The van der Waals surface area contributed by atoms with E-state index >= 15 is 0 Å². The molecule has 0 radical (unpaired) electrons. The molecule has 0 saturated heterocycles. The molecule has 0 aromatic heterocycles. The van der Waals surface area contributed by atoms with Crippen LogP contribution < -0.4 is 0 Å². The van der Waals surface area contributed by atoms with Crippen LogP contribution in [-0.2, 0) is 23.7 Å². The van der Waals surface area contributed by atoms with Gasteiger partial charge in [-0.05, 0) is 94.3 Å². The Balaban J connectivity index is 1.10. The molecule has 0 aliphatic rings. The number of esters is 4. The molecule has 0 spiro atoms. The summed E-state index contributed by atoms with van der Waals surface area (Å²) in [5.41, 5.74) is 8.02. The second-order valence-corrected chi connectivity index (χ2v) is 16.9. The average molecular weight is 907 g/mol. The van der Waals surface area contributed by atoms with E-state index in [1.807, 2.05) is 171 Å². The molecule has 7 aromatic rings. The van der Waals surface area contributed by atoms with Crippen LogP contribution in [0.3, 0.4) is 0 Å². The highest BCUT2D eigenvalue weighted by Gasteiger charge is 2.27. The normalized spacial score (nSPS) is 12.3. The van der Waals surface area contributed by atoms with Crippen molar-refractivity contribution in [3.8, 4) is 33.4 Å². The Labute approximate surface area is 395 Å². The van der Waals surface area contributed by atoms with Gasteiger partial charge in [0, 0.05) is 5.57 Å². The van der Waals surface area contributed by atoms with Crippen LogP contribution in [0.4, 0.5) is 0 Å². The molecule has 0 bridgehead atoms. The van der Waals surface area contributed by atoms with Crippen molar-refractivity contribution in [2.75, 3.05) is 19.8 Å². The highest BCUT2D eigenvalue weighted by atomic mass is 32.2. The number of hydrogen-bond acceptors (Lipinski definition) is 9. The Morgan fingerprint density at radius 2 is 0.806 bits per heavy atom. The molecule has 0 fully saturated rings. The molecule has 2 atom stereocenters. The number of carbonyl (C=O) groups is 4. The van der Waals surface area contributed by atoms with Crippen molar-refractivity contribution in [2.24, 2.45) is 0 Å². The van der Waals surface area contributed by atoms with Crippen molar-refractivity contribution in [2.45, 2.75) is 31.0 Å². The number of hydrogen-bond donors (Lipinski definition) is 0. The molecule has 1 unspecified atom stereocenters. The number of ether oxygens (including phenoxy) is 4. The third-order valence-corrected chi connectivity index (χ3v) is 12.0. The summed E-state index contributed by atoms with van der Waals surface area (Å²) in [6.45, 7) is 2.89. The van der Waals surface area contributed by atoms with Crippen LogP contribution in [0.25, 0.3) is 39.0 Å². The van der Waals surface area contributed by atoms with Gasteiger partial charge in [-0.15, -0.1) is 11.8 Å². The van der Waals surface area contributed by atoms with Crippen LogP contribution in [0.5, 0.6) is 0 Å². The van der Waals surface area contributed by atoms with Gasteiger partial charge in [-0.25, -0.2) is 19.2 Å². The van der Waals surface area contributed by atoms with Crippen LogP contribution in [0.15, 0.2) is 212 Å².